The van der Waals surface area contributed by atoms with Crippen molar-refractivity contribution in [1.82, 2.24) is 10.2 Å². The van der Waals surface area contributed by atoms with Gasteiger partial charge in [-0.25, -0.2) is 0 Å². The average molecular weight is 428 g/mol. The van der Waals surface area contributed by atoms with Gasteiger partial charge in [0, 0.05) is 23.8 Å². The summed E-state index contributed by atoms with van der Waals surface area (Å²) in [4.78, 5) is 26.8. The van der Waals surface area contributed by atoms with Crippen LogP contribution in [0.5, 0.6) is 11.5 Å². The van der Waals surface area contributed by atoms with Crippen LogP contribution in [0.2, 0.25) is 0 Å². The van der Waals surface area contributed by atoms with E-state index in [4.69, 9.17) is 9.47 Å². The number of nitrogens with one attached hydrogen (secondary N) is 2. The van der Waals surface area contributed by atoms with Crippen molar-refractivity contribution in [3.8, 4) is 11.5 Å². The van der Waals surface area contributed by atoms with E-state index in [-0.39, 0.29) is 24.5 Å². The number of ether oxygens (including phenoxy) is 2. The quantitative estimate of drug-likeness (QED) is 0.572. The molecule has 0 aliphatic carbocycles. The molecule has 2 aromatic rings. The van der Waals surface area contributed by atoms with Crippen molar-refractivity contribution in [1.29, 1.82) is 0 Å². The Balaban J connectivity index is 2.06. The number of hydrogen-bond acceptors (Lipinski definition) is 5. The Morgan fingerprint density at radius 2 is 1.77 bits per heavy atom. The lowest BCUT2D eigenvalue weighted by molar-refractivity contribution is -0.123. The van der Waals surface area contributed by atoms with Gasteiger partial charge in [-0.2, -0.15) is 0 Å². The molecule has 7 heteroatoms. The number of nitrogens with zero attached hydrogens (tertiary/aromatic N) is 1. The van der Waals surface area contributed by atoms with E-state index in [9.17, 15) is 9.59 Å². The van der Waals surface area contributed by atoms with Gasteiger partial charge in [0.25, 0.3) is 11.8 Å². The first-order valence-corrected chi connectivity index (χ1v) is 10.6. The number of methoxy groups -OCH3 is 1. The van der Waals surface area contributed by atoms with E-state index in [1.165, 1.54) is 7.11 Å². The predicted octanol–water partition coefficient (Wildman–Crippen LogP) is 3.69. The SMILES string of the molecule is CCN(CC)Cc1cccc(NC(=O)c2ccc(OCC(=O)NC(C)C)c(OC)c2)c1. The second-order valence-electron chi connectivity index (χ2n) is 7.49. The topological polar surface area (TPSA) is 79.9 Å². The summed E-state index contributed by atoms with van der Waals surface area (Å²) in [5.74, 6) is 0.324. The Kier molecular flexibility index (Phi) is 9.34. The maximum absolute atomic E-state index is 12.7. The van der Waals surface area contributed by atoms with E-state index in [1.54, 1.807) is 18.2 Å². The van der Waals surface area contributed by atoms with Crippen molar-refractivity contribution < 1.29 is 19.1 Å². The van der Waals surface area contributed by atoms with Gasteiger partial charge in [-0.05, 0) is 62.8 Å². The monoisotopic (exact) mass is 427 g/mol. The molecule has 0 spiro atoms. The molecule has 0 heterocycles. The van der Waals surface area contributed by atoms with Gasteiger partial charge in [0.05, 0.1) is 7.11 Å². The summed E-state index contributed by atoms with van der Waals surface area (Å²) in [7, 11) is 1.49. The average Bonchev–Trinajstić information content (AvgIpc) is 2.75. The van der Waals surface area contributed by atoms with E-state index in [0.29, 0.717) is 17.1 Å². The molecule has 0 saturated carbocycles. The molecule has 2 N–H and O–H groups in total. The van der Waals surface area contributed by atoms with Crippen LogP contribution in [0.4, 0.5) is 5.69 Å². The van der Waals surface area contributed by atoms with Crippen LogP contribution in [0.15, 0.2) is 42.5 Å². The number of rotatable bonds is 11. The molecule has 2 rings (SSSR count). The lowest BCUT2D eigenvalue weighted by atomic mass is 10.1. The summed E-state index contributed by atoms with van der Waals surface area (Å²) < 4.78 is 10.9. The molecule has 0 fully saturated rings. The largest absolute Gasteiger partial charge is 0.493 e. The van der Waals surface area contributed by atoms with Crippen LogP contribution in [0.3, 0.4) is 0 Å². The zero-order chi connectivity index (χ0) is 22.8. The number of anilines is 1. The highest BCUT2D eigenvalue weighted by Crippen LogP contribution is 2.28. The van der Waals surface area contributed by atoms with Crippen LogP contribution >= 0.6 is 0 Å². The summed E-state index contributed by atoms with van der Waals surface area (Å²) in [6.07, 6.45) is 0. The lowest BCUT2D eigenvalue weighted by Gasteiger charge is -2.18. The standard InChI is InChI=1S/C24H33N3O4/c1-6-27(7-2)15-18-9-8-10-20(13-18)26-24(29)19-11-12-21(22(14-19)30-5)31-16-23(28)25-17(3)4/h8-14,17H,6-7,15-16H2,1-5H3,(H,25,28)(H,26,29). The number of benzene rings is 2. The normalized spacial score (nSPS) is 10.8. The molecule has 0 atom stereocenters. The van der Waals surface area contributed by atoms with Gasteiger partial charge in [0.2, 0.25) is 0 Å². The minimum Gasteiger partial charge on any atom is -0.493 e. The van der Waals surface area contributed by atoms with E-state index in [1.807, 2.05) is 32.0 Å². The molecular weight excluding hydrogens is 394 g/mol. The Labute approximate surface area is 184 Å². The molecule has 2 amide bonds. The third kappa shape index (κ3) is 7.61. The fourth-order valence-corrected chi connectivity index (χ4v) is 3.09. The van der Waals surface area contributed by atoms with Crippen molar-refractivity contribution in [2.24, 2.45) is 0 Å². The Bertz CT molecular complexity index is 879. The third-order valence-electron chi connectivity index (χ3n) is 4.72. The lowest BCUT2D eigenvalue weighted by Crippen LogP contribution is -2.34. The van der Waals surface area contributed by atoms with Crippen molar-refractivity contribution in [3.05, 3.63) is 53.6 Å². The highest BCUT2D eigenvalue weighted by atomic mass is 16.5. The van der Waals surface area contributed by atoms with Crippen LogP contribution in [-0.4, -0.2) is 49.6 Å². The zero-order valence-corrected chi connectivity index (χ0v) is 19.0. The Morgan fingerprint density at radius 3 is 2.42 bits per heavy atom. The molecule has 0 aromatic heterocycles. The highest BCUT2D eigenvalue weighted by Gasteiger charge is 2.13. The van der Waals surface area contributed by atoms with E-state index < -0.39 is 0 Å². The fraction of sp³-hybridized carbons (Fsp3) is 0.417. The van der Waals surface area contributed by atoms with Gasteiger partial charge < -0.3 is 20.1 Å². The zero-order valence-electron chi connectivity index (χ0n) is 19.0. The van der Waals surface area contributed by atoms with Crippen molar-refractivity contribution >= 4 is 17.5 Å². The van der Waals surface area contributed by atoms with E-state index in [0.717, 1.165) is 30.9 Å². The molecule has 2 aromatic carbocycles. The van der Waals surface area contributed by atoms with Crippen LogP contribution in [0, 0.1) is 0 Å². The number of hydrogen-bond donors (Lipinski definition) is 2. The maximum atomic E-state index is 12.7. The van der Waals surface area contributed by atoms with Crippen molar-refractivity contribution in [3.63, 3.8) is 0 Å². The minimum atomic E-state index is -0.248. The molecule has 7 nitrogen and oxygen atoms in total. The molecule has 168 valence electrons. The molecule has 31 heavy (non-hydrogen) atoms. The first-order chi connectivity index (χ1) is 14.9. The van der Waals surface area contributed by atoms with Gasteiger partial charge in [-0.15, -0.1) is 0 Å². The van der Waals surface area contributed by atoms with Crippen LogP contribution in [0.25, 0.3) is 0 Å². The second-order valence-corrected chi connectivity index (χ2v) is 7.49. The predicted molar refractivity (Wildman–Crippen MR) is 123 cm³/mol. The minimum absolute atomic E-state index is 0.0367. The Morgan fingerprint density at radius 1 is 1.03 bits per heavy atom. The first kappa shape index (κ1) is 24.2. The smallest absolute Gasteiger partial charge is 0.258 e. The van der Waals surface area contributed by atoms with Gasteiger partial charge in [0.1, 0.15) is 0 Å². The van der Waals surface area contributed by atoms with E-state index in [2.05, 4.69) is 35.4 Å². The summed E-state index contributed by atoms with van der Waals surface area (Å²) in [6.45, 7) is 10.7. The molecule has 0 aliphatic rings. The summed E-state index contributed by atoms with van der Waals surface area (Å²) in [5.41, 5.74) is 2.31. The van der Waals surface area contributed by atoms with Crippen LogP contribution in [-0.2, 0) is 11.3 Å². The summed E-state index contributed by atoms with van der Waals surface area (Å²) in [5, 5.41) is 5.69. The van der Waals surface area contributed by atoms with Crippen LogP contribution in [0.1, 0.15) is 43.6 Å². The number of carbonyl (C=O) groups excluding carboxylic acids is 2. The van der Waals surface area contributed by atoms with Gasteiger partial charge in [0.15, 0.2) is 18.1 Å². The molecule has 0 saturated heterocycles. The maximum Gasteiger partial charge on any atom is 0.258 e. The second kappa shape index (κ2) is 12.0. The van der Waals surface area contributed by atoms with Gasteiger partial charge >= 0.3 is 0 Å². The van der Waals surface area contributed by atoms with E-state index >= 15 is 0 Å². The van der Waals surface area contributed by atoms with Crippen LogP contribution < -0.4 is 20.1 Å². The number of amides is 2. The van der Waals surface area contributed by atoms with Gasteiger partial charge in [-0.3, -0.25) is 14.5 Å². The summed E-state index contributed by atoms with van der Waals surface area (Å²) >= 11 is 0. The molecule has 0 aliphatic heterocycles. The molecule has 0 unspecified atom stereocenters. The first-order valence-electron chi connectivity index (χ1n) is 10.6. The van der Waals surface area contributed by atoms with Gasteiger partial charge in [-0.1, -0.05) is 26.0 Å². The van der Waals surface area contributed by atoms with Crippen molar-refractivity contribution in [2.45, 2.75) is 40.3 Å². The molecular formula is C24H33N3O4. The molecule has 0 bridgehead atoms. The fourth-order valence-electron chi connectivity index (χ4n) is 3.09. The third-order valence-corrected chi connectivity index (χ3v) is 4.72. The highest BCUT2D eigenvalue weighted by molar-refractivity contribution is 6.04. The molecule has 0 radical (unpaired) electrons. The summed E-state index contributed by atoms with van der Waals surface area (Å²) in [6, 6.07) is 12.8. The number of carbonyl (C=O) groups is 2. The Hall–Kier alpha value is -3.06. The van der Waals surface area contributed by atoms with Crippen molar-refractivity contribution in [2.75, 3.05) is 32.1 Å².